The summed E-state index contributed by atoms with van der Waals surface area (Å²) in [7, 11) is 0. The lowest BCUT2D eigenvalue weighted by Crippen LogP contribution is -2.55. The van der Waals surface area contributed by atoms with Gasteiger partial charge in [-0.05, 0) is 39.2 Å². The Balaban J connectivity index is 1.99. The Morgan fingerprint density at radius 2 is 2.33 bits per heavy atom. The largest absolute Gasteiger partial charge is 0.381 e. The molecule has 2 aliphatic rings. The second-order valence-corrected chi connectivity index (χ2v) is 5.54. The quantitative estimate of drug-likeness (QED) is 0.806. The Kier molecular flexibility index (Phi) is 4.62. The molecule has 2 atom stereocenters. The van der Waals surface area contributed by atoms with Crippen molar-refractivity contribution in [1.82, 2.24) is 10.2 Å². The number of nitrogens with zero attached hydrogens (tertiary/aromatic N) is 1. The number of hydrogen-bond donors (Lipinski definition) is 1. The number of nitrogens with one attached hydrogen (secondary N) is 1. The molecule has 0 aromatic carbocycles. The molecule has 2 heterocycles. The lowest BCUT2D eigenvalue weighted by Gasteiger charge is -2.34. The minimum Gasteiger partial charge on any atom is -0.381 e. The van der Waals surface area contributed by atoms with Gasteiger partial charge in [0.05, 0.1) is 12.1 Å². The molecule has 2 rings (SSSR count). The molecule has 0 bridgehead atoms. The van der Waals surface area contributed by atoms with Crippen LogP contribution in [0.5, 0.6) is 0 Å². The van der Waals surface area contributed by atoms with Gasteiger partial charge >= 0.3 is 0 Å². The summed E-state index contributed by atoms with van der Waals surface area (Å²) in [5, 5.41) is 3.44. The van der Waals surface area contributed by atoms with Crippen molar-refractivity contribution in [2.75, 3.05) is 32.8 Å². The zero-order valence-corrected chi connectivity index (χ0v) is 11.7. The van der Waals surface area contributed by atoms with E-state index in [0.29, 0.717) is 11.8 Å². The van der Waals surface area contributed by atoms with Crippen molar-refractivity contribution in [3.05, 3.63) is 0 Å². The van der Waals surface area contributed by atoms with Gasteiger partial charge in [-0.3, -0.25) is 4.79 Å². The van der Waals surface area contributed by atoms with Crippen molar-refractivity contribution in [2.45, 2.75) is 45.1 Å². The van der Waals surface area contributed by atoms with Crippen LogP contribution >= 0.6 is 0 Å². The summed E-state index contributed by atoms with van der Waals surface area (Å²) in [5.41, 5.74) is -0.282. The predicted molar refractivity (Wildman–Crippen MR) is 71.4 cm³/mol. The van der Waals surface area contributed by atoms with Gasteiger partial charge < -0.3 is 15.0 Å². The third kappa shape index (κ3) is 2.69. The summed E-state index contributed by atoms with van der Waals surface area (Å²) < 4.78 is 5.41. The van der Waals surface area contributed by atoms with E-state index in [4.69, 9.17) is 4.74 Å². The van der Waals surface area contributed by atoms with Gasteiger partial charge in [0.1, 0.15) is 0 Å². The van der Waals surface area contributed by atoms with Crippen LogP contribution in [0.15, 0.2) is 0 Å². The molecule has 104 valence electrons. The third-order valence-electron chi connectivity index (χ3n) is 4.43. The van der Waals surface area contributed by atoms with E-state index in [1.807, 2.05) is 4.90 Å². The smallest absolute Gasteiger partial charge is 0.242 e. The first-order valence-corrected chi connectivity index (χ1v) is 7.34. The molecular weight excluding hydrogens is 228 g/mol. The van der Waals surface area contributed by atoms with Crippen LogP contribution in [0, 0.1) is 5.92 Å². The Bertz CT molecular complexity index is 282. The van der Waals surface area contributed by atoms with Crippen molar-refractivity contribution in [3.63, 3.8) is 0 Å². The van der Waals surface area contributed by atoms with Crippen molar-refractivity contribution >= 4 is 5.91 Å². The highest BCUT2D eigenvalue weighted by molar-refractivity contribution is 5.86. The maximum Gasteiger partial charge on any atom is 0.242 e. The van der Waals surface area contributed by atoms with Crippen LogP contribution < -0.4 is 5.32 Å². The van der Waals surface area contributed by atoms with Gasteiger partial charge in [-0.1, -0.05) is 6.92 Å². The molecule has 2 unspecified atom stereocenters. The fraction of sp³-hybridized carbons (Fsp3) is 0.929. The van der Waals surface area contributed by atoms with Gasteiger partial charge in [-0.2, -0.15) is 0 Å². The van der Waals surface area contributed by atoms with Crippen molar-refractivity contribution < 1.29 is 9.53 Å². The summed E-state index contributed by atoms with van der Waals surface area (Å²) >= 11 is 0. The molecule has 2 fully saturated rings. The van der Waals surface area contributed by atoms with E-state index in [0.717, 1.165) is 58.5 Å². The Hall–Kier alpha value is -0.610. The topological polar surface area (TPSA) is 41.6 Å². The van der Waals surface area contributed by atoms with Crippen LogP contribution in [-0.4, -0.2) is 49.2 Å². The highest BCUT2D eigenvalue weighted by Crippen LogP contribution is 2.26. The molecular formula is C14H26N2O2. The number of carbonyl (C=O) groups is 1. The summed E-state index contributed by atoms with van der Waals surface area (Å²) in [6, 6.07) is 0. The Morgan fingerprint density at radius 1 is 1.50 bits per heavy atom. The first kappa shape index (κ1) is 13.8. The number of amides is 1. The number of carbonyl (C=O) groups excluding carboxylic acids is 1. The van der Waals surface area contributed by atoms with Gasteiger partial charge in [-0.25, -0.2) is 0 Å². The standard InChI is InChI=1S/C14H26N2O2/c1-3-14(7-5-8-15-14)13(17)16(4-2)10-12-6-9-18-11-12/h12,15H,3-11H2,1-2H3. The summed E-state index contributed by atoms with van der Waals surface area (Å²) in [6.45, 7) is 8.50. The fourth-order valence-corrected chi connectivity index (χ4v) is 3.14. The molecule has 4 nitrogen and oxygen atoms in total. The van der Waals surface area contributed by atoms with E-state index in [2.05, 4.69) is 19.2 Å². The average molecular weight is 254 g/mol. The van der Waals surface area contributed by atoms with Gasteiger partial charge in [0, 0.05) is 25.6 Å². The summed E-state index contributed by atoms with van der Waals surface area (Å²) in [4.78, 5) is 14.8. The van der Waals surface area contributed by atoms with E-state index in [9.17, 15) is 4.79 Å². The highest BCUT2D eigenvalue weighted by Gasteiger charge is 2.41. The Labute approximate surface area is 110 Å². The summed E-state index contributed by atoms with van der Waals surface area (Å²) in [5.74, 6) is 0.834. The molecule has 2 aliphatic heterocycles. The lowest BCUT2D eigenvalue weighted by molar-refractivity contribution is -0.138. The molecule has 18 heavy (non-hydrogen) atoms. The van der Waals surface area contributed by atoms with E-state index < -0.39 is 0 Å². The summed E-state index contributed by atoms with van der Waals surface area (Å²) in [6.07, 6.45) is 4.09. The molecule has 1 N–H and O–H groups in total. The van der Waals surface area contributed by atoms with E-state index >= 15 is 0 Å². The van der Waals surface area contributed by atoms with Crippen LogP contribution in [0.25, 0.3) is 0 Å². The normalized spacial score (nSPS) is 31.8. The van der Waals surface area contributed by atoms with E-state index in [-0.39, 0.29) is 5.54 Å². The molecule has 0 aromatic heterocycles. The van der Waals surface area contributed by atoms with Crippen molar-refractivity contribution in [2.24, 2.45) is 5.92 Å². The van der Waals surface area contributed by atoms with E-state index in [1.54, 1.807) is 0 Å². The van der Waals surface area contributed by atoms with Crippen LogP contribution in [0.2, 0.25) is 0 Å². The van der Waals surface area contributed by atoms with Crippen LogP contribution in [-0.2, 0) is 9.53 Å². The first-order valence-electron chi connectivity index (χ1n) is 7.34. The molecule has 4 heteroatoms. The second kappa shape index (κ2) is 6.02. The maximum absolute atomic E-state index is 12.7. The SMILES string of the molecule is CCN(CC1CCOC1)C(=O)C1(CC)CCCN1. The number of ether oxygens (including phenoxy) is 1. The maximum atomic E-state index is 12.7. The zero-order chi connectivity index (χ0) is 13.0. The second-order valence-electron chi connectivity index (χ2n) is 5.54. The van der Waals surface area contributed by atoms with Crippen molar-refractivity contribution in [3.8, 4) is 0 Å². The molecule has 0 spiro atoms. The van der Waals surface area contributed by atoms with Crippen molar-refractivity contribution in [1.29, 1.82) is 0 Å². The minimum atomic E-state index is -0.282. The van der Waals surface area contributed by atoms with Gasteiger partial charge in [0.25, 0.3) is 0 Å². The molecule has 0 aliphatic carbocycles. The van der Waals surface area contributed by atoms with E-state index in [1.165, 1.54) is 0 Å². The van der Waals surface area contributed by atoms with Crippen LogP contribution in [0.1, 0.15) is 39.5 Å². The monoisotopic (exact) mass is 254 g/mol. The van der Waals surface area contributed by atoms with Crippen LogP contribution in [0.3, 0.4) is 0 Å². The fourth-order valence-electron chi connectivity index (χ4n) is 3.14. The highest BCUT2D eigenvalue weighted by atomic mass is 16.5. The average Bonchev–Trinajstić information content (AvgIpc) is 3.06. The molecule has 0 aromatic rings. The zero-order valence-electron chi connectivity index (χ0n) is 11.7. The van der Waals surface area contributed by atoms with Crippen LogP contribution in [0.4, 0.5) is 0 Å². The first-order chi connectivity index (χ1) is 8.72. The number of rotatable bonds is 5. The minimum absolute atomic E-state index is 0.282. The van der Waals surface area contributed by atoms with Gasteiger partial charge in [-0.15, -0.1) is 0 Å². The predicted octanol–water partition coefficient (Wildman–Crippen LogP) is 1.40. The molecule has 0 radical (unpaired) electrons. The lowest BCUT2D eigenvalue weighted by atomic mass is 9.92. The van der Waals surface area contributed by atoms with Gasteiger partial charge in [0.2, 0.25) is 5.91 Å². The van der Waals surface area contributed by atoms with Gasteiger partial charge in [0.15, 0.2) is 0 Å². The molecule has 0 saturated carbocycles. The Morgan fingerprint density at radius 3 is 2.83 bits per heavy atom. The number of likely N-dealkylation sites (N-methyl/N-ethyl adjacent to an activating group) is 1. The molecule has 1 amide bonds. The number of hydrogen-bond acceptors (Lipinski definition) is 3. The molecule has 2 saturated heterocycles. The third-order valence-corrected chi connectivity index (χ3v) is 4.43.